The van der Waals surface area contributed by atoms with Crippen molar-refractivity contribution in [1.82, 2.24) is 10.2 Å². The summed E-state index contributed by atoms with van der Waals surface area (Å²) in [7, 11) is 0. The molecular weight excluding hydrogens is 366 g/mol. The Morgan fingerprint density at radius 1 is 1.10 bits per heavy atom. The molecule has 158 valence electrons. The monoisotopic (exact) mass is 399 g/mol. The number of anilines is 1. The van der Waals surface area contributed by atoms with Crippen molar-refractivity contribution >= 4 is 23.4 Å². The fourth-order valence-electron chi connectivity index (χ4n) is 4.11. The summed E-state index contributed by atoms with van der Waals surface area (Å²) in [5.74, 6) is 0.208. The first-order chi connectivity index (χ1) is 13.8. The molecule has 1 N–H and O–H groups in total. The molecule has 0 aromatic heterocycles. The third kappa shape index (κ3) is 4.98. The second-order valence-corrected chi connectivity index (χ2v) is 8.92. The molecule has 0 aliphatic carbocycles. The van der Waals surface area contributed by atoms with Gasteiger partial charge in [0, 0.05) is 43.7 Å². The number of piperidine rings is 1. The van der Waals surface area contributed by atoms with E-state index < -0.39 is 0 Å². The number of amides is 3. The van der Waals surface area contributed by atoms with Gasteiger partial charge in [-0.3, -0.25) is 14.4 Å². The Balaban J connectivity index is 1.55. The highest BCUT2D eigenvalue weighted by molar-refractivity contribution is 6.00. The van der Waals surface area contributed by atoms with Gasteiger partial charge in [-0.2, -0.15) is 0 Å². The lowest BCUT2D eigenvalue weighted by atomic mass is 10.0. The maximum Gasteiger partial charge on any atom is 0.227 e. The number of likely N-dealkylation sites (tertiary alicyclic amines) is 1. The summed E-state index contributed by atoms with van der Waals surface area (Å²) < 4.78 is 0. The predicted molar refractivity (Wildman–Crippen MR) is 114 cm³/mol. The van der Waals surface area contributed by atoms with E-state index >= 15 is 0 Å². The van der Waals surface area contributed by atoms with Gasteiger partial charge >= 0.3 is 0 Å². The Labute approximate surface area is 173 Å². The zero-order chi connectivity index (χ0) is 21.1. The molecule has 1 aromatic rings. The fraction of sp³-hybridized carbons (Fsp3) is 0.609. The molecule has 6 heteroatoms. The molecule has 1 aromatic carbocycles. The summed E-state index contributed by atoms with van der Waals surface area (Å²) in [6.07, 6.45) is 1.79. The number of nitrogens with one attached hydrogen (secondary N) is 1. The Kier molecular flexibility index (Phi) is 6.60. The Morgan fingerprint density at radius 2 is 1.79 bits per heavy atom. The minimum absolute atomic E-state index is 0.00315. The van der Waals surface area contributed by atoms with Crippen LogP contribution in [-0.4, -0.2) is 48.3 Å². The molecule has 0 saturated carbocycles. The second kappa shape index (κ2) is 8.97. The quantitative estimate of drug-likeness (QED) is 0.828. The number of benzene rings is 1. The van der Waals surface area contributed by atoms with Crippen molar-refractivity contribution in [3.63, 3.8) is 0 Å². The van der Waals surface area contributed by atoms with Crippen molar-refractivity contribution < 1.29 is 14.4 Å². The van der Waals surface area contributed by atoms with Gasteiger partial charge in [0.15, 0.2) is 0 Å². The van der Waals surface area contributed by atoms with Crippen LogP contribution in [0.2, 0.25) is 0 Å². The molecule has 1 atom stereocenters. The second-order valence-electron chi connectivity index (χ2n) is 8.92. The SMILES string of the molecule is CC(C)C(=O)N1CCC(NC(=O)[C@H]2CC(=O)N(c3cccc(C(C)C)c3)C2)CC1. The number of nitrogens with zero attached hydrogens (tertiary/aromatic N) is 2. The third-order valence-corrected chi connectivity index (χ3v) is 5.99. The van der Waals surface area contributed by atoms with E-state index in [1.54, 1.807) is 4.90 Å². The average molecular weight is 400 g/mol. The molecule has 2 aliphatic heterocycles. The zero-order valence-electron chi connectivity index (χ0n) is 18.0. The lowest BCUT2D eigenvalue weighted by Crippen LogP contribution is -2.48. The Morgan fingerprint density at radius 3 is 2.41 bits per heavy atom. The molecule has 0 radical (unpaired) electrons. The van der Waals surface area contributed by atoms with E-state index in [0.717, 1.165) is 18.5 Å². The summed E-state index contributed by atoms with van der Waals surface area (Å²) >= 11 is 0. The van der Waals surface area contributed by atoms with Gasteiger partial charge in [-0.1, -0.05) is 39.8 Å². The molecule has 0 bridgehead atoms. The summed E-state index contributed by atoms with van der Waals surface area (Å²) in [4.78, 5) is 41.0. The van der Waals surface area contributed by atoms with Crippen molar-refractivity contribution in [3.8, 4) is 0 Å². The number of hydrogen-bond donors (Lipinski definition) is 1. The van der Waals surface area contributed by atoms with Crippen LogP contribution in [0.15, 0.2) is 24.3 Å². The van der Waals surface area contributed by atoms with Gasteiger partial charge in [-0.05, 0) is 36.5 Å². The molecular formula is C23H33N3O3. The van der Waals surface area contributed by atoms with Crippen molar-refractivity contribution in [2.75, 3.05) is 24.5 Å². The average Bonchev–Trinajstić information content (AvgIpc) is 3.10. The highest BCUT2D eigenvalue weighted by atomic mass is 16.2. The summed E-state index contributed by atoms with van der Waals surface area (Å²) in [6.45, 7) is 9.87. The zero-order valence-corrected chi connectivity index (χ0v) is 18.0. The van der Waals surface area contributed by atoms with E-state index in [1.165, 1.54) is 5.56 Å². The van der Waals surface area contributed by atoms with E-state index in [-0.39, 0.29) is 42.0 Å². The van der Waals surface area contributed by atoms with E-state index in [1.807, 2.05) is 36.9 Å². The first-order valence-corrected chi connectivity index (χ1v) is 10.8. The van der Waals surface area contributed by atoms with Crippen LogP contribution in [0.25, 0.3) is 0 Å². The van der Waals surface area contributed by atoms with Crippen LogP contribution in [0.1, 0.15) is 58.4 Å². The van der Waals surface area contributed by atoms with Crippen LogP contribution < -0.4 is 10.2 Å². The van der Waals surface area contributed by atoms with Crippen LogP contribution in [0.3, 0.4) is 0 Å². The topological polar surface area (TPSA) is 69.7 Å². The van der Waals surface area contributed by atoms with Crippen molar-refractivity contribution in [1.29, 1.82) is 0 Å². The fourth-order valence-corrected chi connectivity index (χ4v) is 4.11. The highest BCUT2D eigenvalue weighted by Gasteiger charge is 2.36. The predicted octanol–water partition coefficient (Wildman–Crippen LogP) is 2.93. The van der Waals surface area contributed by atoms with E-state index in [9.17, 15) is 14.4 Å². The van der Waals surface area contributed by atoms with E-state index in [4.69, 9.17) is 0 Å². The van der Waals surface area contributed by atoms with Crippen LogP contribution in [0.4, 0.5) is 5.69 Å². The van der Waals surface area contributed by atoms with Gasteiger partial charge in [-0.15, -0.1) is 0 Å². The standard InChI is InChI=1S/C23H33N3O3/c1-15(2)17-6-5-7-20(12-17)26-14-18(13-21(26)27)22(28)24-19-8-10-25(11-9-19)23(29)16(3)4/h5-7,12,15-16,18-19H,8-11,13-14H2,1-4H3,(H,24,28)/t18-/m0/s1. The van der Waals surface area contributed by atoms with Crippen LogP contribution in [-0.2, 0) is 14.4 Å². The molecule has 3 amide bonds. The lowest BCUT2D eigenvalue weighted by molar-refractivity contribution is -0.135. The molecule has 2 fully saturated rings. The van der Waals surface area contributed by atoms with Gasteiger partial charge in [0.1, 0.15) is 0 Å². The minimum atomic E-state index is -0.319. The van der Waals surface area contributed by atoms with Crippen LogP contribution in [0, 0.1) is 11.8 Å². The normalized spacial score (nSPS) is 20.6. The van der Waals surface area contributed by atoms with E-state index in [2.05, 4.69) is 25.2 Å². The van der Waals surface area contributed by atoms with Crippen LogP contribution >= 0.6 is 0 Å². The molecule has 2 heterocycles. The van der Waals surface area contributed by atoms with Crippen molar-refractivity contribution in [2.45, 2.75) is 58.9 Å². The maximum atomic E-state index is 12.8. The Hall–Kier alpha value is -2.37. The number of carbonyl (C=O) groups is 3. The molecule has 0 unspecified atom stereocenters. The van der Waals surface area contributed by atoms with Gasteiger partial charge < -0.3 is 15.1 Å². The van der Waals surface area contributed by atoms with Crippen LogP contribution in [0.5, 0.6) is 0 Å². The number of carbonyl (C=O) groups excluding carboxylic acids is 3. The number of hydrogen-bond acceptors (Lipinski definition) is 3. The number of rotatable bonds is 5. The minimum Gasteiger partial charge on any atom is -0.353 e. The first-order valence-electron chi connectivity index (χ1n) is 10.8. The van der Waals surface area contributed by atoms with Gasteiger partial charge in [0.05, 0.1) is 5.92 Å². The largest absolute Gasteiger partial charge is 0.353 e. The van der Waals surface area contributed by atoms with Gasteiger partial charge in [0.25, 0.3) is 0 Å². The molecule has 0 spiro atoms. The Bertz CT molecular complexity index is 766. The molecule has 2 saturated heterocycles. The molecule has 3 rings (SSSR count). The van der Waals surface area contributed by atoms with E-state index in [0.29, 0.717) is 25.6 Å². The summed E-state index contributed by atoms with van der Waals surface area (Å²) in [5.41, 5.74) is 2.06. The third-order valence-electron chi connectivity index (χ3n) is 5.99. The highest BCUT2D eigenvalue weighted by Crippen LogP contribution is 2.28. The first kappa shape index (κ1) is 21.3. The molecule has 2 aliphatic rings. The lowest BCUT2D eigenvalue weighted by Gasteiger charge is -2.33. The van der Waals surface area contributed by atoms with Crippen molar-refractivity contribution in [3.05, 3.63) is 29.8 Å². The molecule has 29 heavy (non-hydrogen) atoms. The smallest absolute Gasteiger partial charge is 0.227 e. The van der Waals surface area contributed by atoms with Gasteiger partial charge in [-0.25, -0.2) is 0 Å². The van der Waals surface area contributed by atoms with Crippen molar-refractivity contribution in [2.24, 2.45) is 11.8 Å². The van der Waals surface area contributed by atoms with Gasteiger partial charge in [0.2, 0.25) is 17.7 Å². The molecule has 6 nitrogen and oxygen atoms in total. The summed E-state index contributed by atoms with van der Waals surface area (Å²) in [5, 5.41) is 3.12. The summed E-state index contributed by atoms with van der Waals surface area (Å²) in [6, 6.07) is 8.09. The maximum absolute atomic E-state index is 12.8.